The molecule has 0 spiro atoms. The Morgan fingerprint density at radius 2 is 2.06 bits per heavy atom. The van der Waals surface area contributed by atoms with Gasteiger partial charge in [0.1, 0.15) is 4.90 Å². The van der Waals surface area contributed by atoms with E-state index in [-0.39, 0.29) is 6.04 Å². The Kier molecular flexibility index (Phi) is 3.77. The molecule has 1 aromatic heterocycles. The molecule has 1 aliphatic carbocycles. The van der Waals surface area contributed by atoms with Gasteiger partial charge < -0.3 is 0 Å². The second-order valence-electron chi connectivity index (χ2n) is 5.21. The molecule has 5 nitrogen and oxygen atoms in total. The molecule has 0 amide bonds. The van der Waals surface area contributed by atoms with Crippen molar-refractivity contribution in [3.63, 3.8) is 0 Å². The molecule has 2 unspecified atom stereocenters. The van der Waals surface area contributed by atoms with Crippen LogP contribution in [0.3, 0.4) is 0 Å². The SMILES string of the molecule is Cc1c(S(=O)(=O)NC2CCCCC2C)cnn1C. The van der Waals surface area contributed by atoms with Gasteiger partial charge in [-0.3, -0.25) is 4.68 Å². The zero-order valence-electron chi connectivity index (χ0n) is 11.2. The van der Waals surface area contributed by atoms with Crippen molar-refractivity contribution in [2.45, 2.75) is 50.5 Å². The maximum absolute atomic E-state index is 12.3. The molecule has 18 heavy (non-hydrogen) atoms. The van der Waals surface area contributed by atoms with Gasteiger partial charge in [0, 0.05) is 13.1 Å². The number of nitrogens with one attached hydrogen (secondary N) is 1. The van der Waals surface area contributed by atoms with Gasteiger partial charge in [0.15, 0.2) is 0 Å². The van der Waals surface area contributed by atoms with Crippen LogP contribution in [-0.2, 0) is 17.1 Å². The Labute approximate surface area is 109 Å². The Hall–Kier alpha value is -0.880. The fourth-order valence-electron chi connectivity index (χ4n) is 2.50. The van der Waals surface area contributed by atoms with Gasteiger partial charge >= 0.3 is 0 Å². The van der Waals surface area contributed by atoms with Crippen LogP contribution in [0.5, 0.6) is 0 Å². The highest BCUT2D eigenvalue weighted by Gasteiger charge is 2.28. The zero-order chi connectivity index (χ0) is 13.3. The third-order valence-corrected chi connectivity index (χ3v) is 5.49. The molecule has 1 saturated carbocycles. The highest BCUT2D eigenvalue weighted by atomic mass is 32.2. The third kappa shape index (κ3) is 2.59. The molecule has 0 aromatic carbocycles. The van der Waals surface area contributed by atoms with Gasteiger partial charge in [-0.25, -0.2) is 13.1 Å². The number of rotatable bonds is 3. The van der Waals surface area contributed by atoms with Crippen LogP contribution in [0.4, 0.5) is 0 Å². The Bertz CT molecular complexity index is 521. The molecule has 0 bridgehead atoms. The van der Waals surface area contributed by atoms with E-state index in [1.807, 2.05) is 0 Å². The van der Waals surface area contributed by atoms with Crippen molar-refractivity contribution in [2.24, 2.45) is 13.0 Å². The van der Waals surface area contributed by atoms with Crippen LogP contribution in [0.2, 0.25) is 0 Å². The van der Waals surface area contributed by atoms with Crippen molar-refractivity contribution in [2.75, 3.05) is 0 Å². The molecule has 1 aliphatic rings. The first-order chi connectivity index (χ1) is 8.42. The second kappa shape index (κ2) is 5.01. The van der Waals surface area contributed by atoms with Gasteiger partial charge in [-0.1, -0.05) is 19.8 Å². The van der Waals surface area contributed by atoms with E-state index < -0.39 is 10.0 Å². The molecule has 1 N–H and O–H groups in total. The minimum Gasteiger partial charge on any atom is -0.272 e. The van der Waals surface area contributed by atoms with Crippen LogP contribution >= 0.6 is 0 Å². The van der Waals surface area contributed by atoms with E-state index in [1.165, 1.54) is 12.6 Å². The minimum absolute atomic E-state index is 0.0587. The number of aromatic nitrogens is 2. The quantitative estimate of drug-likeness (QED) is 0.908. The summed E-state index contributed by atoms with van der Waals surface area (Å²) < 4.78 is 29.0. The second-order valence-corrected chi connectivity index (χ2v) is 6.89. The maximum Gasteiger partial charge on any atom is 0.244 e. The summed E-state index contributed by atoms with van der Waals surface area (Å²) in [4.78, 5) is 0.294. The summed E-state index contributed by atoms with van der Waals surface area (Å²) in [6, 6.07) is 0.0587. The number of hydrogen-bond acceptors (Lipinski definition) is 3. The van der Waals surface area contributed by atoms with Crippen LogP contribution in [0, 0.1) is 12.8 Å². The van der Waals surface area contributed by atoms with E-state index in [2.05, 4.69) is 16.7 Å². The summed E-state index contributed by atoms with van der Waals surface area (Å²) >= 11 is 0. The molecule has 0 radical (unpaired) electrons. The molecule has 2 atom stereocenters. The molecule has 1 aromatic rings. The van der Waals surface area contributed by atoms with Crippen molar-refractivity contribution in [1.82, 2.24) is 14.5 Å². The normalized spacial score (nSPS) is 25.3. The van der Waals surface area contributed by atoms with Crippen LogP contribution in [0.15, 0.2) is 11.1 Å². The van der Waals surface area contributed by atoms with Crippen molar-refractivity contribution < 1.29 is 8.42 Å². The first-order valence-electron chi connectivity index (χ1n) is 6.43. The first-order valence-corrected chi connectivity index (χ1v) is 7.91. The van der Waals surface area contributed by atoms with Crippen LogP contribution in [0.25, 0.3) is 0 Å². The maximum atomic E-state index is 12.3. The summed E-state index contributed by atoms with van der Waals surface area (Å²) in [5, 5.41) is 3.99. The predicted molar refractivity (Wildman–Crippen MR) is 69.7 cm³/mol. The Balaban J connectivity index is 2.19. The number of aryl methyl sites for hydroxylation is 1. The summed E-state index contributed by atoms with van der Waals surface area (Å²) in [5.74, 6) is 0.408. The van der Waals surface area contributed by atoms with Crippen LogP contribution < -0.4 is 4.72 Å². The lowest BCUT2D eigenvalue weighted by molar-refractivity contribution is 0.310. The van der Waals surface area contributed by atoms with Gasteiger partial charge in [0.25, 0.3) is 0 Å². The van der Waals surface area contributed by atoms with Gasteiger partial charge in [0.2, 0.25) is 10.0 Å². The van der Waals surface area contributed by atoms with E-state index in [1.54, 1.807) is 18.7 Å². The minimum atomic E-state index is -3.44. The zero-order valence-corrected chi connectivity index (χ0v) is 12.0. The first kappa shape index (κ1) is 13.5. The monoisotopic (exact) mass is 271 g/mol. The lowest BCUT2D eigenvalue weighted by Crippen LogP contribution is -2.41. The van der Waals surface area contributed by atoms with Crippen molar-refractivity contribution in [3.05, 3.63) is 11.9 Å². The average molecular weight is 271 g/mol. The highest BCUT2D eigenvalue weighted by molar-refractivity contribution is 7.89. The number of hydrogen-bond donors (Lipinski definition) is 1. The largest absolute Gasteiger partial charge is 0.272 e. The van der Waals surface area contributed by atoms with Crippen molar-refractivity contribution in [1.29, 1.82) is 0 Å². The molecule has 6 heteroatoms. The topological polar surface area (TPSA) is 64.0 Å². The molecule has 1 heterocycles. The standard InChI is InChI=1S/C12H21N3O2S/c1-9-6-4-5-7-11(9)14-18(16,17)12-8-13-15(3)10(12)2/h8-9,11,14H,4-7H2,1-3H3. The Morgan fingerprint density at radius 1 is 1.39 bits per heavy atom. The van der Waals surface area contributed by atoms with Gasteiger partial charge in [0.05, 0.1) is 11.9 Å². The molecule has 102 valence electrons. The van der Waals surface area contributed by atoms with Gasteiger partial charge in [-0.2, -0.15) is 5.10 Å². The van der Waals surface area contributed by atoms with Crippen LogP contribution in [-0.4, -0.2) is 24.2 Å². The molecular weight excluding hydrogens is 250 g/mol. The van der Waals surface area contributed by atoms with E-state index in [0.717, 1.165) is 19.3 Å². The molecule has 2 rings (SSSR count). The lowest BCUT2D eigenvalue weighted by Gasteiger charge is -2.29. The van der Waals surface area contributed by atoms with E-state index in [0.29, 0.717) is 16.5 Å². The summed E-state index contributed by atoms with van der Waals surface area (Å²) in [6.07, 6.45) is 5.75. The molecule has 0 saturated heterocycles. The van der Waals surface area contributed by atoms with Crippen molar-refractivity contribution in [3.8, 4) is 0 Å². The highest BCUT2D eigenvalue weighted by Crippen LogP contribution is 2.25. The number of sulfonamides is 1. The van der Waals surface area contributed by atoms with E-state index >= 15 is 0 Å². The van der Waals surface area contributed by atoms with E-state index in [4.69, 9.17) is 0 Å². The average Bonchev–Trinajstić information content (AvgIpc) is 2.63. The summed E-state index contributed by atoms with van der Waals surface area (Å²) in [5.41, 5.74) is 0.672. The molecular formula is C12H21N3O2S. The molecule has 1 fully saturated rings. The lowest BCUT2D eigenvalue weighted by atomic mass is 9.87. The molecule has 0 aliphatic heterocycles. The van der Waals surface area contributed by atoms with Gasteiger partial charge in [-0.15, -0.1) is 0 Å². The fraction of sp³-hybridized carbons (Fsp3) is 0.750. The summed E-state index contributed by atoms with van der Waals surface area (Å²) in [7, 11) is -1.69. The summed E-state index contributed by atoms with van der Waals surface area (Å²) in [6.45, 7) is 3.88. The van der Waals surface area contributed by atoms with Gasteiger partial charge in [-0.05, 0) is 25.7 Å². The number of nitrogens with zero attached hydrogens (tertiary/aromatic N) is 2. The Morgan fingerprint density at radius 3 is 2.61 bits per heavy atom. The predicted octanol–water partition coefficient (Wildman–Crippen LogP) is 1.59. The van der Waals surface area contributed by atoms with E-state index in [9.17, 15) is 8.42 Å². The smallest absolute Gasteiger partial charge is 0.244 e. The van der Waals surface area contributed by atoms with Crippen molar-refractivity contribution >= 4 is 10.0 Å². The third-order valence-electron chi connectivity index (χ3n) is 3.90. The fourth-order valence-corrected chi connectivity index (χ4v) is 4.08. The van der Waals surface area contributed by atoms with Crippen LogP contribution in [0.1, 0.15) is 38.3 Å².